The molecule has 0 amide bonds. The van der Waals surface area contributed by atoms with Crippen molar-refractivity contribution in [2.24, 2.45) is 10.8 Å². The van der Waals surface area contributed by atoms with Crippen molar-refractivity contribution in [1.82, 2.24) is 0 Å². The second-order valence-electron chi connectivity index (χ2n) is 7.81. The van der Waals surface area contributed by atoms with Crippen LogP contribution in [0.25, 0.3) is 0 Å². The van der Waals surface area contributed by atoms with Crippen LogP contribution in [0.4, 0.5) is 0 Å². The van der Waals surface area contributed by atoms with Crippen molar-refractivity contribution in [2.75, 3.05) is 0 Å². The van der Waals surface area contributed by atoms with E-state index in [1.165, 1.54) is 0 Å². The normalized spacial score (nSPS) is 24.7. The van der Waals surface area contributed by atoms with E-state index in [9.17, 15) is 0 Å². The molecule has 0 bridgehead atoms. The molecule has 0 unspecified atom stereocenters. The minimum atomic E-state index is -0.512. The first-order chi connectivity index (χ1) is 9.44. The van der Waals surface area contributed by atoms with Gasteiger partial charge in [0.25, 0.3) is 0 Å². The molecule has 0 heterocycles. The van der Waals surface area contributed by atoms with E-state index in [0.717, 1.165) is 0 Å². The maximum absolute atomic E-state index is 2.43. The molecule has 2 rings (SSSR count). The molecule has 0 fully saturated rings. The molecule has 115 valence electrons. The SMILES string of the molecule is CC1=C(C)C(C)(C)[C]([Nb][C]2=C(C)C(C)=C(C)C2(C)C)=C1C. The van der Waals surface area contributed by atoms with Gasteiger partial charge in [-0.1, -0.05) is 0 Å². The van der Waals surface area contributed by atoms with E-state index in [0.29, 0.717) is 0 Å². The maximum atomic E-state index is 2.43. The van der Waals surface area contributed by atoms with Gasteiger partial charge in [-0.2, -0.15) is 0 Å². The molecule has 0 atom stereocenters. The summed E-state index contributed by atoms with van der Waals surface area (Å²) in [5.41, 5.74) is 9.99. The molecular formula is C20H30Nb. The fourth-order valence-corrected chi connectivity index (χ4v) is 8.10. The van der Waals surface area contributed by atoms with E-state index in [4.69, 9.17) is 0 Å². The molecule has 1 heteroatoms. The van der Waals surface area contributed by atoms with Gasteiger partial charge >= 0.3 is 141 Å². The van der Waals surface area contributed by atoms with Crippen LogP contribution in [0.15, 0.2) is 41.0 Å². The van der Waals surface area contributed by atoms with Crippen molar-refractivity contribution in [2.45, 2.75) is 69.2 Å². The summed E-state index contributed by atoms with van der Waals surface area (Å²) >= 11 is -0.512. The quantitative estimate of drug-likeness (QED) is 0.500. The van der Waals surface area contributed by atoms with E-state index in [1.54, 1.807) is 41.0 Å². The van der Waals surface area contributed by atoms with Crippen molar-refractivity contribution in [3.8, 4) is 0 Å². The zero-order valence-electron chi connectivity index (χ0n) is 15.4. The number of rotatable bonds is 2. The summed E-state index contributed by atoms with van der Waals surface area (Å²) in [7, 11) is 0. The minimum absolute atomic E-state index is 0.277. The Morgan fingerprint density at radius 2 is 0.810 bits per heavy atom. The third-order valence-corrected chi connectivity index (χ3v) is 11.7. The molecule has 2 aliphatic carbocycles. The summed E-state index contributed by atoms with van der Waals surface area (Å²) in [5.74, 6) is 0. The second-order valence-corrected chi connectivity index (χ2v) is 10.6. The van der Waals surface area contributed by atoms with Crippen LogP contribution < -0.4 is 0 Å². The van der Waals surface area contributed by atoms with Gasteiger partial charge in [0.2, 0.25) is 0 Å². The molecule has 0 saturated carbocycles. The molecule has 0 aromatic carbocycles. The van der Waals surface area contributed by atoms with E-state index in [-0.39, 0.29) is 10.8 Å². The van der Waals surface area contributed by atoms with Crippen LogP contribution in [0.5, 0.6) is 0 Å². The predicted octanol–water partition coefficient (Wildman–Crippen LogP) is 6.37. The van der Waals surface area contributed by atoms with Gasteiger partial charge in [-0.25, -0.2) is 0 Å². The number of allylic oxidation sites excluding steroid dienone is 8. The molecule has 0 N–H and O–H groups in total. The summed E-state index contributed by atoms with van der Waals surface area (Å²) in [6.45, 7) is 23.7. The first kappa shape index (κ1) is 17.1. The van der Waals surface area contributed by atoms with Crippen LogP contribution in [0.3, 0.4) is 0 Å². The molecule has 0 nitrogen and oxygen atoms in total. The van der Waals surface area contributed by atoms with Crippen molar-refractivity contribution >= 4 is 0 Å². The Bertz CT molecular complexity index is 575. The average molecular weight is 363 g/mol. The van der Waals surface area contributed by atoms with E-state index >= 15 is 0 Å². The van der Waals surface area contributed by atoms with Gasteiger partial charge in [0.05, 0.1) is 0 Å². The van der Waals surface area contributed by atoms with E-state index in [1.807, 2.05) is 0 Å². The zero-order valence-corrected chi connectivity index (χ0v) is 17.6. The van der Waals surface area contributed by atoms with Crippen molar-refractivity contribution in [1.29, 1.82) is 0 Å². The Morgan fingerprint density at radius 1 is 0.524 bits per heavy atom. The van der Waals surface area contributed by atoms with Crippen LogP contribution in [-0.4, -0.2) is 0 Å². The number of hydrogen-bond donors (Lipinski definition) is 0. The Balaban J connectivity index is 2.47. The fraction of sp³-hybridized carbons (Fsp3) is 0.600. The molecule has 0 spiro atoms. The zero-order chi connectivity index (χ0) is 16.3. The van der Waals surface area contributed by atoms with E-state index < -0.39 is 19.8 Å². The molecule has 21 heavy (non-hydrogen) atoms. The van der Waals surface area contributed by atoms with Gasteiger partial charge in [0, 0.05) is 0 Å². The summed E-state index contributed by atoms with van der Waals surface area (Å²) in [6, 6.07) is 0. The molecule has 2 aliphatic rings. The van der Waals surface area contributed by atoms with Gasteiger partial charge < -0.3 is 0 Å². The van der Waals surface area contributed by atoms with Crippen LogP contribution in [0.2, 0.25) is 0 Å². The molecule has 0 radical (unpaired) electrons. The van der Waals surface area contributed by atoms with Crippen molar-refractivity contribution in [3.63, 3.8) is 0 Å². The first-order valence-corrected chi connectivity index (χ1v) is 10.1. The van der Waals surface area contributed by atoms with Crippen LogP contribution >= 0.6 is 0 Å². The summed E-state index contributed by atoms with van der Waals surface area (Å²) in [6.07, 6.45) is 0. The van der Waals surface area contributed by atoms with Gasteiger partial charge in [0.15, 0.2) is 0 Å². The molecule has 0 aromatic rings. The number of hydrogen-bond acceptors (Lipinski definition) is 0. The first-order valence-electron chi connectivity index (χ1n) is 7.95. The molecular weight excluding hydrogens is 333 g/mol. The van der Waals surface area contributed by atoms with Gasteiger partial charge in [0.1, 0.15) is 0 Å². The van der Waals surface area contributed by atoms with Crippen LogP contribution in [-0.2, 0) is 19.8 Å². The molecule has 0 saturated heterocycles. The monoisotopic (exact) mass is 363 g/mol. The summed E-state index contributed by atoms with van der Waals surface area (Å²) in [5, 5.41) is 0. The van der Waals surface area contributed by atoms with Crippen LogP contribution in [0.1, 0.15) is 69.2 Å². The van der Waals surface area contributed by atoms with Gasteiger partial charge in [-0.05, 0) is 0 Å². The predicted molar refractivity (Wildman–Crippen MR) is 89.7 cm³/mol. The Labute approximate surface area is 140 Å². The van der Waals surface area contributed by atoms with Gasteiger partial charge in [-0.15, -0.1) is 0 Å². The third-order valence-electron chi connectivity index (χ3n) is 6.24. The van der Waals surface area contributed by atoms with Crippen molar-refractivity contribution in [3.05, 3.63) is 41.0 Å². The Kier molecular flexibility index (Phi) is 4.16. The fourth-order valence-electron chi connectivity index (χ4n) is 3.71. The Hall–Kier alpha value is -0.300. The second kappa shape index (κ2) is 5.11. The van der Waals surface area contributed by atoms with Crippen LogP contribution in [0, 0.1) is 10.8 Å². The summed E-state index contributed by atoms with van der Waals surface area (Å²) < 4.78 is 3.55. The standard InChI is InChI=1S/2C10H15.Nb/c2*1-7-6-10(4,5)9(3)8(7)2;/h2*1-5H3;. The van der Waals surface area contributed by atoms with E-state index in [2.05, 4.69) is 69.2 Å². The topological polar surface area (TPSA) is 0 Å². The Morgan fingerprint density at radius 3 is 1.00 bits per heavy atom. The molecule has 0 aliphatic heterocycles. The average Bonchev–Trinajstić information content (AvgIpc) is 2.63. The van der Waals surface area contributed by atoms with Gasteiger partial charge in [-0.3, -0.25) is 0 Å². The van der Waals surface area contributed by atoms with Crippen molar-refractivity contribution < 1.29 is 19.8 Å². The summed E-state index contributed by atoms with van der Waals surface area (Å²) in [4.78, 5) is 0. The third kappa shape index (κ3) is 2.31. The molecule has 0 aromatic heterocycles.